The van der Waals surface area contributed by atoms with Crippen LogP contribution in [-0.2, 0) is 14.3 Å². The van der Waals surface area contributed by atoms with E-state index in [-0.39, 0.29) is 17.1 Å². The minimum Gasteiger partial charge on any atom is -0.478 e. The zero-order valence-corrected chi connectivity index (χ0v) is 17.3. The second-order valence-corrected chi connectivity index (χ2v) is 7.46. The van der Waals surface area contributed by atoms with Gasteiger partial charge in [-0.3, -0.25) is 14.5 Å². The van der Waals surface area contributed by atoms with Gasteiger partial charge in [-0.05, 0) is 56.3 Å². The highest BCUT2D eigenvalue weighted by Crippen LogP contribution is 2.35. The molecule has 3 rings (SSSR count). The third-order valence-corrected chi connectivity index (χ3v) is 5.45. The van der Waals surface area contributed by atoms with Crippen LogP contribution in [0.3, 0.4) is 0 Å². The lowest BCUT2D eigenvalue weighted by Gasteiger charge is -2.19. The molecule has 1 atom stereocenters. The summed E-state index contributed by atoms with van der Waals surface area (Å²) in [5.74, 6) is -1.55. The fourth-order valence-corrected chi connectivity index (χ4v) is 3.91. The highest BCUT2D eigenvalue weighted by molar-refractivity contribution is 8.18. The molecule has 0 aliphatic carbocycles. The molecule has 2 aromatic rings. The van der Waals surface area contributed by atoms with E-state index in [1.54, 1.807) is 38.1 Å². The molecule has 1 aromatic carbocycles. The van der Waals surface area contributed by atoms with Crippen molar-refractivity contribution in [2.45, 2.75) is 26.8 Å². The van der Waals surface area contributed by atoms with Crippen molar-refractivity contribution in [1.29, 1.82) is 0 Å². The maximum Gasteiger partial charge on any atom is 0.335 e. The third kappa shape index (κ3) is 4.02. The summed E-state index contributed by atoms with van der Waals surface area (Å²) in [6, 6.07) is 7.11. The van der Waals surface area contributed by atoms with Gasteiger partial charge in [0, 0.05) is 11.6 Å². The van der Waals surface area contributed by atoms with Crippen LogP contribution in [0.1, 0.15) is 35.5 Å². The molecule has 1 aliphatic heterocycles. The number of esters is 1. The Hall–Kier alpha value is -3.33. The SMILES string of the molecule is CCOC(=O)[C@H](C)N1C(=O)S/C(=C\c2ccc(-c3cccc(C(=O)O)c3C)o2)C1=O. The molecule has 0 spiro atoms. The van der Waals surface area contributed by atoms with E-state index in [2.05, 4.69) is 0 Å². The first-order chi connectivity index (χ1) is 14.2. The maximum absolute atomic E-state index is 12.6. The number of carboxylic acids is 1. The number of carbonyl (C=O) groups excluding carboxylic acids is 3. The molecule has 30 heavy (non-hydrogen) atoms. The van der Waals surface area contributed by atoms with Crippen molar-refractivity contribution < 1.29 is 33.4 Å². The standard InChI is InChI=1S/C21H19NO7S/c1-4-28-20(26)12(3)22-18(23)17(30-21(22)27)10-13-8-9-16(29-13)14-6-5-7-15(11(14)2)19(24)25/h5-10,12H,4H2,1-3H3,(H,24,25)/b17-10-/t12-/m0/s1. The molecule has 0 unspecified atom stereocenters. The molecule has 0 radical (unpaired) electrons. The van der Waals surface area contributed by atoms with Gasteiger partial charge in [-0.25, -0.2) is 9.59 Å². The molecule has 9 heteroatoms. The molecule has 0 bridgehead atoms. The Bertz CT molecular complexity index is 1070. The van der Waals surface area contributed by atoms with Crippen LogP contribution < -0.4 is 0 Å². The molecule has 2 heterocycles. The third-order valence-electron chi connectivity index (χ3n) is 4.57. The van der Waals surface area contributed by atoms with Crippen LogP contribution in [0.15, 0.2) is 39.7 Å². The van der Waals surface area contributed by atoms with Gasteiger partial charge in [0.25, 0.3) is 11.1 Å². The number of hydrogen-bond acceptors (Lipinski definition) is 7. The molecule has 1 fully saturated rings. The Morgan fingerprint density at radius 2 is 2.00 bits per heavy atom. The fourth-order valence-electron chi connectivity index (χ4n) is 3.02. The number of rotatable bonds is 6. The quantitative estimate of drug-likeness (QED) is 0.542. The Morgan fingerprint density at radius 3 is 2.67 bits per heavy atom. The lowest BCUT2D eigenvalue weighted by Crippen LogP contribution is -2.42. The largest absolute Gasteiger partial charge is 0.478 e. The van der Waals surface area contributed by atoms with E-state index >= 15 is 0 Å². The Morgan fingerprint density at radius 1 is 1.27 bits per heavy atom. The van der Waals surface area contributed by atoms with Gasteiger partial charge in [0.15, 0.2) is 0 Å². The predicted molar refractivity (Wildman–Crippen MR) is 110 cm³/mol. The van der Waals surface area contributed by atoms with Gasteiger partial charge in [0.2, 0.25) is 0 Å². The molecule has 156 valence electrons. The molecule has 0 saturated carbocycles. The van der Waals surface area contributed by atoms with Crippen LogP contribution >= 0.6 is 11.8 Å². The molecule has 1 N–H and O–H groups in total. The van der Waals surface area contributed by atoms with E-state index < -0.39 is 29.1 Å². The molecule has 1 aliphatic rings. The van der Waals surface area contributed by atoms with Crippen molar-refractivity contribution in [2.75, 3.05) is 6.61 Å². The first kappa shape index (κ1) is 21.4. The minimum absolute atomic E-state index is 0.119. The molecule has 1 saturated heterocycles. The van der Waals surface area contributed by atoms with Crippen molar-refractivity contribution in [1.82, 2.24) is 4.90 Å². The number of thioether (sulfide) groups is 1. The second-order valence-electron chi connectivity index (χ2n) is 6.47. The minimum atomic E-state index is -1.04. The van der Waals surface area contributed by atoms with Crippen molar-refractivity contribution in [3.63, 3.8) is 0 Å². The van der Waals surface area contributed by atoms with Crippen molar-refractivity contribution in [3.8, 4) is 11.3 Å². The Labute approximate surface area is 176 Å². The van der Waals surface area contributed by atoms with Crippen molar-refractivity contribution in [3.05, 3.63) is 52.1 Å². The van der Waals surface area contributed by atoms with Crippen LogP contribution in [0, 0.1) is 6.92 Å². The number of ether oxygens (including phenoxy) is 1. The zero-order chi connectivity index (χ0) is 22.0. The number of carbonyl (C=O) groups is 4. The number of benzene rings is 1. The number of hydrogen-bond donors (Lipinski definition) is 1. The van der Waals surface area contributed by atoms with E-state index in [0.29, 0.717) is 34.4 Å². The lowest BCUT2D eigenvalue weighted by atomic mass is 10.0. The zero-order valence-electron chi connectivity index (χ0n) is 16.5. The van der Waals surface area contributed by atoms with Crippen molar-refractivity contribution >= 4 is 40.9 Å². The molecular weight excluding hydrogens is 410 g/mol. The van der Waals surface area contributed by atoms with Crippen LogP contribution in [0.25, 0.3) is 17.4 Å². The molecule has 8 nitrogen and oxygen atoms in total. The number of amides is 2. The van der Waals surface area contributed by atoms with Crippen LogP contribution in [0.5, 0.6) is 0 Å². The number of carboxylic acid groups (broad SMARTS) is 1. The number of furan rings is 1. The topological polar surface area (TPSA) is 114 Å². The van der Waals surface area contributed by atoms with E-state index in [1.165, 1.54) is 19.1 Å². The van der Waals surface area contributed by atoms with E-state index in [9.17, 15) is 24.3 Å². The lowest BCUT2D eigenvalue weighted by molar-refractivity contribution is -0.150. The summed E-state index contributed by atoms with van der Waals surface area (Å²) in [5.41, 5.74) is 1.33. The summed E-state index contributed by atoms with van der Waals surface area (Å²) < 4.78 is 10.6. The van der Waals surface area contributed by atoms with Gasteiger partial charge in [0.1, 0.15) is 17.6 Å². The van der Waals surface area contributed by atoms with E-state index in [0.717, 1.165) is 4.90 Å². The van der Waals surface area contributed by atoms with Crippen LogP contribution in [0.2, 0.25) is 0 Å². The normalized spacial score (nSPS) is 16.2. The monoisotopic (exact) mass is 429 g/mol. The second kappa shape index (κ2) is 8.58. The van der Waals surface area contributed by atoms with E-state index in [4.69, 9.17) is 9.15 Å². The van der Waals surface area contributed by atoms with Gasteiger partial charge >= 0.3 is 11.9 Å². The summed E-state index contributed by atoms with van der Waals surface area (Å²) in [5, 5.41) is 8.71. The average molecular weight is 429 g/mol. The summed E-state index contributed by atoms with van der Waals surface area (Å²) in [6.07, 6.45) is 1.42. The number of nitrogens with zero attached hydrogens (tertiary/aromatic N) is 1. The molecule has 2 amide bonds. The number of imide groups is 1. The Kier molecular flexibility index (Phi) is 6.12. The summed E-state index contributed by atoms with van der Waals surface area (Å²) in [6.45, 7) is 4.90. The fraction of sp³-hybridized carbons (Fsp3) is 0.238. The van der Waals surface area contributed by atoms with Crippen LogP contribution in [-0.4, -0.2) is 45.7 Å². The van der Waals surface area contributed by atoms with Gasteiger partial charge < -0.3 is 14.3 Å². The summed E-state index contributed by atoms with van der Waals surface area (Å²) in [7, 11) is 0. The Balaban J connectivity index is 1.86. The van der Waals surface area contributed by atoms with Gasteiger partial charge in [-0.1, -0.05) is 12.1 Å². The highest BCUT2D eigenvalue weighted by atomic mass is 32.2. The van der Waals surface area contributed by atoms with Gasteiger partial charge in [0.05, 0.1) is 17.1 Å². The van der Waals surface area contributed by atoms with Crippen molar-refractivity contribution in [2.24, 2.45) is 0 Å². The van der Waals surface area contributed by atoms with E-state index in [1.807, 2.05) is 0 Å². The highest BCUT2D eigenvalue weighted by Gasteiger charge is 2.41. The summed E-state index contributed by atoms with van der Waals surface area (Å²) >= 11 is 0.708. The number of aromatic carboxylic acids is 1. The smallest absolute Gasteiger partial charge is 0.335 e. The summed E-state index contributed by atoms with van der Waals surface area (Å²) in [4.78, 5) is 49.1. The van der Waals surface area contributed by atoms with Crippen LogP contribution in [0.4, 0.5) is 4.79 Å². The first-order valence-corrected chi connectivity index (χ1v) is 9.93. The van der Waals surface area contributed by atoms with Gasteiger partial charge in [-0.15, -0.1) is 0 Å². The van der Waals surface area contributed by atoms with Gasteiger partial charge in [-0.2, -0.15) is 0 Å². The molecular formula is C21H19NO7S. The first-order valence-electron chi connectivity index (χ1n) is 9.11. The maximum atomic E-state index is 12.6. The average Bonchev–Trinajstić information content (AvgIpc) is 3.26. The predicted octanol–water partition coefficient (Wildman–Crippen LogP) is 3.94. The molecule has 1 aromatic heterocycles.